The summed E-state index contributed by atoms with van der Waals surface area (Å²) in [5.41, 5.74) is 1.42. The highest BCUT2D eigenvalue weighted by atomic mass is 35.5. The van der Waals surface area contributed by atoms with E-state index in [1.165, 1.54) is 0 Å². The predicted molar refractivity (Wildman–Crippen MR) is 118 cm³/mol. The number of pyridine rings is 1. The number of nitriles is 1. The third kappa shape index (κ3) is 4.78. The second-order valence-corrected chi connectivity index (χ2v) is 7.80. The normalized spacial score (nSPS) is 16.6. The predicted octanol–water partition coefficient (Wildman–Crippen LogP) is 3.42. The summed E-state index contributed by atoms with van der Waals surface area (Å²) >= 11 is 6.09. The molecule has 7 nitrogen and oxygen atoms in total. The van der Waals surface area contributed by atoms with Crippen LogP contribution < -0.4 is 10.6 Å². The molecule has 1 fully saturated rings. The Bertz CT molecular complexity index is 1160. The van der Waals surface area contributed by atoms with E-state index in [0.29, 0.717) is 23.3 Å². The van der Waals surface area contributed by atoms with Gasteiger partial charge in [-0.3, -0.25) is 4.79 Å². The highest BCUT2D eigenvalue weighted by Crippen LogP contribution is 2.23. The number of benzene rings is 2. The lowest BCUT2D eigenvalue weighted by Crippen LogP contribution is -2.30. The van der Waals surface area contributed by atoms with Gasteiger partial charge in [0, 0.05) is 23.8 Å². The van der Waals surface area contributed by atoms with Crippen molar-refractivity contribution in [2.75, 3.05) is 25.1 Å². The van der Waals surface area contributed by atoms with E-state index in [9.17, 15) is 9.90 Å². The first-order chi connectivity index (χ1) is 15.1. The number of aliphatic hydroxyl groups is 1. The summed E-state index contributed by atoms with van der Waals surface area (Å²) in [7, 11) is 0. The van der Waals surface area contributed by atoms with Crippen LogP contribution in [0.3, 0.4) is 0 Å². The van der Waals surface area contributed by atoms with Gasteiger partial charge in [-0.15, -0.1) is 0 Å². The van der Waals surface area contributed by atoms with E-state index in [1.807, 2.05) is 18.2 Å². The largest absolute Gasteiger partial charge is 0.394 e. The van der Waals surface area contributed by atoms with Crippen LogP contribution in [0.15, 0.2) is 48.7 Å². The van der Waals surface area contributed by atoms with Gasteiger partial charge >= 0.3 is 0 Å². The summed E-state index contributed by atoms with van der Waals surface area (Å²) in [6, 6.07) is 13.7. The molecule has 0 spiro atoms. The Labute approximate surface area is 184 Å². The highest BCUT2D eigenvalue weighted by Gasteiger charge is 2.18. The third-order valence-electron chi connectivity index (χ3n) is 5.27. The van der Waals surface area contributed by atoms with Crippen molar-refractivity contribution in [1.82, 2.24) is 10.3 Å². The molecule has 1 aliphatic rings. The number of halogens is 1. The van der Waals surface area contributed by atoms with Gasteiger partial charge in [0.15, 0.2) is 0 Å². The Morgan fingerprint density at radius 2 is 2.16 bits per heavy atom. The van der Waals surface area contributed by atoms with Crippen molar-refractivity contribution in [2.45, 2.75) is 18.5 Å². The maximum atomic E-state index is 12.8. The van der Waals surface area contributed by atoms with Gasteiger partial charge in [-0.25, -0.2) is 4.98 Å². The van der Waals surface area contributed by atoms with Crippen molar-refractivity contribution in [3.05, 3.63) is 70.4 Å². The Morgan fingerprint density at radius 1 is 1.29 bits per heavy atom. The number of aliphatic hydroxyl groups excluding tert-OH is 1. The van der Waals surface area contributed by atoms with Crippen LogP contribution in [0.2, 0.25) is 5.02 Å². The molecule has 3 N–H and O–H groups in total. The molecule has 8 heteroatoms. The van der Waals surface area contributed by atoms with Crippen LogP contribution in [0.1, 0.15) is 33.9 Å². The van der Waals surface area contributed by atoms with Gasteiger partial charge in [-0.2, -0.15) is 5.26 Å². The van der Waals surface area contributed by atoms with Gasteiger partial charge in [0.2, 0.25) is 0 Å². The zero-order valence-corrected chi connectivity index (χ0v) is 17.4. The average molecular weight is 437 g/mol. The Hall–Kier alpha value is -3.18. The summed E-state index contributed by atoms with van der Waals surface area (Å²) in [5, 5.41) is 27.1. The van der Waals surface area contributed by atoms with Gasteiger partial charge in [0.25, 0.3) is 5.91 Å². The number of nitrogens with zero attached hydrogens (tertiary/aromatic N) is 2. The van der Waals surface area contributed by atoms with Crippen LogP contribution in [0.4, 0.5) is 5.82 Å². The molecule has 2 atom stereocenters. The topological polar surface area (TPSA) is 107 Å². The summed E-state index contributed by atoms with van der Waals surface area (Å²) in [6.45, 7) is 1.10. The molecule has 0 aliphatic carbocycles. The van der Waals surface area contributed by atoms with Crippen LogP contribution in [0, 0.1) is 11.3 Å². The summed E-state index contributed by atoms with van der Waals surface area (Å²) < 4.78 is 5.38. The number of amides is 1. The molecule has 158 valence electrons. The number of rotatable bonds is 6. The number of ether oxygens (including phenoxy) is 1. The molecule has 31 heavy (non-hydrogen) atoms. The Kier molecular flexibility index (Phi) is 6.33. The maximum Gasteiger partial charge on any atom is 0.251 e. The quantitative estimate of drug-likeness (QED) is 0.546. The van der Waals surface area contributed by atoms with E-state index in [4.69, 9.17) is 21.6 Å². The molecular weight excluding hydrogens is 416 g/mol. The first-order valence-electron chi connectivity index (χ1n) is 9.92. The zero-order chi connectivity index (χ0) is 21.8. The summed E-state index contributed by atoms with van der Waals surface area (Å²) in [5.74, 6) is 0.415. The van der Waals surface area contributed by atoms with Gasteiger partial charge in [-0.05, 0) is 47.7 Å². The number of aromatic nitrogens is 1. The highest BCUT2D eigenvalue weighted by molar-refractivity contribution is 6.31. The SMILES string of the molecule is N#Cc1ccc([C@@H](CO)NC(=O)c2ccc3cnc(NC4CCOC4)cc3c2)cc1Cl. The smallest absolute Gasteiger partial charge is 0.251 e. The maximum absolute atomic E-state index is 12.8. The van der Waals surface area contributed by atoms with Gasteiger partial charge in [0.05, 0.1) is 35.9 Å². The van der Waals surface area contributed by atoms with Gasteiger partial charge < -0.3 is 20.5 Å². The number of carbonyl (C=O) groups excluding carboxylic acids is 1. The lowest BCUT2D eigenvalue weighted by atomic mass is 10.0. The molecule has 1 aromatic heterocycles. The van der Waals surface area contributed by atoms with Crippen molar-refractivity contribution < 1.29 is 14.6 Å². The van der Waals surface area contributed by atoms with E-state index >= 15 is 0 Å². The van der Waals surface area contributed by atoms with Crippen LogP contribution in [0.5, 0.6) is 0 Å². The number of hydrogen-bond donors (Lipinski definition) is 3. The zero-order valence-electron chi connectivity index (χ0n) is 16.6. The van der Waals surface area contributed by atoms with Crippen molar-refractivity contribution in [1.29, 1.82) is 5.26 Å². The molecule has 0 saturated carbocycles. The fourth-order valence-corrected chi connectivity index (χ4v) is 3.76. The van der Waals surface area contributed by atoms with Gasteiger partial charge in [0.1, 0.15) is 11.9 Å². The average Bonchev–Trinajstić information content (AvgIpc) is 3.29. The van der Waals surface area contributed by atoms with Crippen molar-refractivity contribution >= 4 is 34.1 Å². The molecule has 1 amide bonds. The molecular formula is C23H21ClN4O3. The molecule has 1 saturated heterocycles. The van der Waals surface area contributed by atoms with Crippen molar-refractivity contribution in [2.24, 2.45) is 0 Å². The van der Waals surface area contributed by atoms with Gasteiger partial charge in [-0.1, -0.05) is 23.7 Å². The van der Waals surface area contributed by atoms with Crippen molar-refractivity contribution in [3.8, 4) is 6.07 Å². The number of carbonyl (C=O) groups is 1. The second kappa shape index (κ2) is 9.31. The molecule has 0 radical (unpaired) electrons. The molecule has 3 aromatic rings. The van der Waals surface area contributed by atoms with Crippen LogP contribution in [0.25, 0.3) is 10.8 Å². The minimum atomic E-state index is -0.648. The van der Waals surface area contributed by atoms with Crippen LogP contribution in [-0.4, -0.2) is 41.9 Å². The van der Waals surface area contributed by atoms with E-state index in [2.05, 4.69) is 15.6 Å². The standard InChI is InChI=1S/C23H21ClN4O3/c24-20-8-14(1-3-16(20)10-25)21(12-29)28-23(30)15-2-4-17-11-26-22(9-18(17)7-15)27-19-5-6-31-13-19/h1-4,7-9,11,19,21,29H,5-6,12-13H2,(H,26,27)(H,28,30)/t19?,21-/m1/s1. The van der Waals surface area contributed by atoms with Crippen LogP contribution >= 0.6 is 11.6 Å². The molecule has 1 unspecified atom stereocenters. The lowest BCUT2D eigenvalue weighted by Gasteiger charge is -2.18. The Morgan fingerprint density at radius 3 is 2.87 bits per heavy atom. The third-order valence-corrected chi connectivity index (χ3v) is 5.58. The molecule has 1 aliphatic heterocycles. The first-order valence-corrected chi connectivity index (χ1v) is 10.3. The van der Waals surface area contributed by atoms with E-state index in [0.717, 1.165) is 29.6 Å². The van der Waals surface area contributed by atoms with E-state index < -0.39 is 6.04 Å². The Balaban J connectivity index is 1.53. The van der Waals surface area contributed by atoms with Crippen molar-refractivity contribution in [3.63, 3.8) is 0 Å². The molecule has 2 heterocycles. The summed E-state index contributed by atoms with van der Waals surface area (Å²) in [6.07, 6.45) is 2.70. The van der Waals surface area contributed by atoms with E-state index in [1.54, 1.807) is 36.5 Å². The number of fused-ring (bicyclic) bond motifs is 1. The number of hydrogen-bond acceptors (Lipinski definition) is 6. The number of anilines is 1. The fourth-order valence-electron chi connectivity index (χ4n) is 3.53. The minimum absolute atomic E-state index is 0.237. The lowest BCUT2D eigenvalue weighted by molar-refractivity contribution is 0.0916. The fraction of sp³-hybridized carbons (Fsp3) is 0.261. The monoisotopic (exact) mass is 436 g/mol. The minimum Gasteiger partial charge on any atom is -0.394 e. The van der Waals surface area contributed by atoms with Crippen LogP contribution in [-0.2, 0) is 4.74 Å². The first kappa shape index (κ1) is 21.1. The number of nitrogens with one attached hydrogen (secondary N) is 2. The molecule has 0 bridgehead atoms. The van der Waals surface area contributed by atoms with E-state index in [-0.39, 0.29) is 23.6 Å². The second-order valence-electron chi connectivity index (χ2n) is 7.40. The molecule has 4 rings (SSSR count). The molecule has 2 aromatic carbocycles. The summed E-state index contributed by atoms with van der Waals surface area (Å²) in [4.78, 5) is 17.3.